The zero-order valence-electron chi connectivity index (χ0n) is 15.2. The Bertz CT molecular complexity index is 896. The lowest BCUT2D eigenvalue weighted by molar-refractivity contribution is -0.116. The summed E-state index contributed by atoms with van der Waals surface area (Å²) in [5.41, 5.74) is 1.24. The number of hydrogen-bond donors (Lipinski definition) is 2. The highest BCUT2D eigenvalue weighted by atomic mass is 35.5. The van der Waals surface area contributed by atoms with Crippen LogP contribution in [0.3, 0.4) is 0 Å². The first-order valence-electron chi connectivity index (χ1n) is 8.54. The van der Waals surface area contributed by atoms with Crippen LogP contribution in [0.5, 0.6) is 17.2 Å². The molecule has 1 heterocycles. The Morgan fingerprint density at radius 2 is 1.89 bits per heavy atom. The summed E-state index contributed by atoms with van der Waals surface area (Å²) in [7, 11) is 1.56. The van der Waals surface area contributed by atoms with Gasteiger partial charge in [0.25, 0.3) is 5.91 Å². The third-order valence-corrected chi connectivity index (χ3v) is 4.22. The predicted molar refractivity (Wildman–Crippen MR) is 105 cm³/mol. The maximum Gasteiger partial charge on any atom is 0.251 e. The van der Waals surface area contributed by atoms with E-state index in [1.165, 1.54) is 6.08 Å². The molecule has 2 N–H and O–H groups in total. The molecular weight excluding hydrogens is 384 g/mol. The van der Waals surface area contributed by atoms with Crippen molar-refractivity contribution < 1.29 is 23.8 Å². The van der Waals surface area contributed by atoms with E-state index in [2.05, 4.69) is 10.6 Å². The van der Waals surface area contributed by atoms with Crippen LogP contribution in [-0.2, 0) is 4.79 Å². The van der Waals surface area contributed by atoms with Gasteiger partial charge in [-0.15, -0.1) is 0 Å². The first kappa shape index (κ1) is 19.6. The molecular formula is C20H19ClN2O5. The lowest BCUT2D eigenvalue weighted by atomic mass is 10.2. The van der Waals surface area contributed by atoms with Crippen LogP contribution in [-0.4, -0.2) is 38.8 Å². The number of rotatable bonds is 7. The normalized spacial score (nSPS) is 12.1. The molecule has 0 unspecified atom stereocenters. The van der Waals surface area contributed by atoms with E-state index in [4.69, 9.17) is 25.8 Å². The van der Waals surface area contributed by atoms with E-state index < -0.39 is 0 Å². The van der Waals surface area contributed by atoms with Crippen molar-refractivity contribution >= 4 is 29.5 Å². The van der Waals surface area contributed by atoms with Gasteiger partial charge < -0.3 is 24.8 Å². The minimum Gasteiger partial charge on any atom is -0.497 e. The Morgan fingerprint density at radius 3 is 2.64 bits per heavy atom. The monoisotopic (exact) mass is 402 g/mol. The third kappa shape index (κ3) is 4.95. The lowest BCUT2D eigenvalue weighted by Gasteiger charge is -2.06. The highest BCUT2D eigenvalue weighted by Crippen LogP contribution is 2.40. The van der Waals surface area contributed by atoms with E-state index in [1.807, 2.05) is 0 Å². The van der Waals surface area contributed by atoms with Crippen molar-refractivity contribution in [2.45, 2.75) is 0 Å². The number of fused-ring (bicyclic) bond motifs is 1. The molecule has 3 rings (SSSR count). The maximum atomic E-state index is 12.0. The minimum absolute atomic E-state index is 0.130. The van der Waals surface area contributed by atoms with Crippen LogP contribution in [0.25, 0.3) is 6.08 Å². The molecule has 0 radical (unpaired) electrons. The second kappa shape index (κ2) is 9.14. The van der Waals surface area contributed by atoms with Crippen molar-refractivity contribution in [3.05, 3.63) is 58.6 Å². The third-order valence-electron chi connectivity index (χ3n) is 3.94. The molecule has 8 heteroatoms. The summed E-state index contributed by atoms with van der Waals surface area (Å²) in [6.07, 6.45) is 3.01. The van der Waals surface area contributed by atoms with Crippen molar-refractivity contribution in [3.8, 4) is 17.2 Å². The summed E-state index contributed by atoms with van der Waals surface area (Å²) < 4.78 is 15.6. The first-order valence-corrected chi connectivity index (χ1v) is 8.92. The largest absolute Gasteiger partial charge is 0.497 e. The Morgan fingerprint density at radius 1 is 1.14 bits per heavy atom. The van der Waals surface area contributed by atoms with Crippen LogP contribution >= 0.6 is 11.6 Å². The molecule has 0 aliphatic carbocycles. The molecule has 0 bridgehead atoms. The van der Waals surface area contributed by atoms with Gasteiger partial charge in [-0.25, -0.2) is 0 Å². The summed E-state index contributed by atoms with van der Waals surface area (Å²) in [6, 6.07) is 10.2. The predicted octanol–water partition coefficient (Wildman–Crippen LogP) is 2.64. The van der Waals surface area contributed by atoms with Crippen LogP contribution in [0.1, 0.15) is 15.9 Å². The zero-order valence-corrected chi connectivity index (χ0v) is 15.9. The number of ether oxygens (including phenoxy) is 3. The molecule has 146 valence electrons. The first-order chi connectivity index (χ1) is 13.6. The van der Waals surface area contributed by atoms with Gasteiger partial charge in [0.1, 0.15) is 5.75 Å². The van der Waals surface area contributed by atoms with Crippen molar-refractivity contribution in [2.24, 2.45) is 0 Å². The van der Waals surface area contributed by atoms with Gasteiger partial charge in [0, 0.05) is 24.7 Å². The molecule has 2 aromatic rings. The highest BCUT2D eigenvalue weighted by Gasteiger charge is 2.17. The molecule has 2 amide bonds. The van der Waals surface area contributed by atoms with E-state index in [9.17, 15) is 9.59 Å². The smallest absolute Gasteiger partial charge is 0.251 e. The number of methoxy groups -OCH3 is 1. The van der Waals surface area contributed by atoms with Gasteiger partial charge in [-0.2, -0.15) is 0 Å². The van der Waals surface area contributed by atoms with Crippen molar-refractivity contribution in [1.29, 1.82) is 0 Å². The topological polar surface area (TPSA) is 85.9 Å². The highest BCUT2D eigenvalue weighted by molar-refractivity contribution is 6.32. The van der Waals surface area contributed by atoms with Gasteiger partial charge in [-0.05, 0) is 48.0 Å². The van der Waals surface area contributed by atoms with Gasteiger partial charge in [0.15, 0.2) is 11.5 Å². The van der Waals surface area contributed by atoms with Crippen LogP contribution < -0.4 is 24.8 Å². The van der Waals surface area contributed by atoms with E-state index in [1.54, 1.807) is 49.6 Å². The molecule has 28 heavy (non-hydrogen) atoms. The number of carbonyl (C=O) groups is 2. The van der Waals surface area contributed by atoms with Gasteiger partial charge in [0.05, 0.1) is 12.1 Å². The Labute approximate surface area is 167 Å². The zero-order chi connectivity index (χ0) is 19.9. The Balaban J connectivity index is 1.42. The summed E-state index contributed by atoms with van der Waals surface area (Å²) in [4.78, 5) is 23.9. The number of hydrogen-bond acceptors (Lipinski definition) is 5. The van der Waals surface area contributed by atoms with E-state index in [0.717, 1.165) is 5.56 Å². The lowest BCUT2D eigenvalue weighted by Crippen LogP contribution is -2.33. The van der Waals surface area contributed by atoms with Gasteiger partial charge >= 0.3 is 0 Å². The van der Waals surface area contributed by atoms with Crippen LogP contribution in [0.2, 0.25) is 5.02 Å². The Hall–Kier alpha value is -3.19. The quantitative estimate of drug-likeness (QED) is 0.549. The fraction of sp³-hybridized carbons (Fsp3) is 0.200. The molecule has 2 aromatic carbocycles. The van der Waals surface area contributed by atoms with Gasteiger partial charge in [-0.3, -0.25) is 9.59 Å². The molecule has 1 aliphatic heterocycles. The van der Waals surface area contributed by atoms with Gasteiger partial charge in [0.2, 0.25) is 12.7 Å². The van der Waals surface area contributed by atoms with Crippen molar-refractivity contribution in [1.82, 2.24) is 10.6 Å². The standard InChI is InChI=1S/C20H19ClN2O5/c1-26-15-5-3-14(4-6-15)20(25)23-9-8-22-18(24)7-2-13-10-16(21)19-17(11-13)27-12-28-19/h2-7,10-11H,8-9,12H2,1H3,(H,22,24)(H,23,25). The van der Waals surface area contributed by atoms with E-state index in [0.29, 0.717) is 40.9 Å². The molecule has 0 spiro atoms. The second-order valence-corrected chi connectivity index (χ2v) is 6.25. The molecule has 0 atom stereocenters. The fourth-order valence-corrected chi connectivity index (χ4v) is 2.79. The molecule has 7 nitrogen and oxygen atoms in total. The minimum atomic E-state index is -0.285. The molecule has 0 fully saturated rings. The molecule has 1 aliphatic rings. The van der Waals surface area contributed by atoms with Crippen LogP contribution in [0, 0.1) is 0 Å². The Kier molecular flexibility index (Phi) is 6.39. The van der Waals surface area contributed by atoms with E-state index in [-0.39, 0.29) is 18.6 Å². The number of benzene rings is 2. The second-order valence-electron chi connectivity index (χ2n) is 5.85. The number of halogens is 1. The van der Waals surface area contributed by atoms with Crippen molar-refractivity contribution in [3.63, 3.8) is 0 Å². The number of carbonyl (C=O) groups excluding carboxylic acids is 2. The van der Waals surface area contributed by atoms with Crippen molar-refractivity contribution in [2.75, 3.05) is 27.0 Å². The molecule has 0 aromatic heterocycles. The summed E-state index contributed by atoms with van der Waals surface area (Å²) in [5.74, 6) is 1.24. The fourth-order valence-electron chi connectivity index (χ4n) is 2.52. The van der Waals surface area contributed by atoms with E-state index >= 15 is 0 Å². The number of amides is 2. The van der Waals surface area contributed by atoms with Gasteiger partial charge in [-0.1, -0.05) is 11.6 Å². The molecule has 0 saturated carbocycles. The summed E-state index contributed by atoms with van der Waals surface area (Å²) in [6.45, 7) is 0.734. The number of nitrogens with one attached hydrogen (secondary N) is 2. The maximum absolute atomic E-state index is 12.0. The molecule has 0 saturated heterocycles. The SMILES string of the molecule is COc1ccc(C(=O)NCCNC(=O)C=Cc2cc(Cl)c3c(c2)OCO3)cc1. The summed E-state index contributed by atoms with van der Waals surface area (Å²) >= 11 is 6.10. The summed E-state index contributed by atoms with van der Waals surface area (Å²) in [5, 5.41) is 5.86. The average molecular weight is 403 g/mol. The average Bonchev–Trinajstić information content (AvgIpc) is 3.19. The van der Waals surface area contributed by atoms with Crippen LogP contribution in [0.4, 0.5) is 0 Å². The van der Waals surface area contributed by atoms with Crippen LogP contribution in [0.15, 0.2) is 42.5 Å².